The fourth-order valence-corrected chi connectivity index (χ4v) is 3.54. The monoisotopic (exact) mass is 326 g/mol. The Morgan fingerprint density at radius 1 is 1.36 bits per heavy atom. The molecule has 0 unspecified atom stereocenters. The van der Waals surface area contributed by atoms with Crippen molar-refractivity contribution in [1.82, 2.24) is 5.32 Å². The third-order valence-electron chi connectivity index (χ3n) is 3.20. The van der Waals surface area contributed by atoms with Gasteiger partial charge in [0.1, 0.15) is 5.75 Å². The number of rotatable bonds is 7. The van der Waals surface area contributed by atoms with Gasteiger partial charge in [-0.25, -0.2) is 8.42 Å². The second kappa shape index (κ2) is 6.56. The molecule has 122 valence electrons. The van der Waals surface area contributed by atoms with Gasteiger partial charge in [0, 0.05) is 6.04 Å². The summed E-state index contributed by atoms with van der Waals surface area (Å²) in [4.78, 5) is 12.3. The highest BCUT2D eigenvalue weighted by Crippen LogP contribution is 2.25. The Morgan fingerprint density at radius 3 is 2.59 bits per heavy atom. The largest absolute Gasteiger partial charge is 0.497 e. The van der Waals surface area contributed by atoms with E-state index in [4.69, 9.17) is 4.74 Å². The SMILES string of the molecule is COc1ccc(NS(=O)(=O)CC(C)C)c(C(=O)NC2CC2)c1. The van der Waals surface area contributed by atoms with E-state index in [-0.39, 0.29) is 34.9 Å². The number of ether oxygens (including phenoxy) is 1. The normalized spacial score (nSPS) is 14.7. The molecule has 0 aliphatic heterocycles. The van der Waals surface area contributed by atoms with Crippen molar-refractivity contribution in [3.8, 4) is 5.75 Å². The summed E-state index contributed by atoms with van der Waals surface area (Å²) in [6, 6.07) is 4.92. The van der Waals surface area contributed by atoms with Crippen molar-refractivity contribution in [2.45, 2.75) is 32.7 Å². The van der Waals surface area contributed by atoms with Gasteiger partial charge in [-0.3, -0.25) is 9.52 Å². The van der Waals surface area contributed by atoms with Crippen LogP contribution in [0.25, 0.3) is 0 Å². The number of carbonyl (C=O) groups excluding carboxylic acids is 1. The molecule has 0 radical (unpaired) electrons. The molecule has 1 aliphatic carbocycles. The van der Waals surface area contributed by atoms with Gasteiger partial charge in [0.2, 0.25) is 10.0 Å². The number of benzene rings is 1. The first-order valence-electron chi connectivity index (χ1n) is 7.30. The molecule has 0 bridgehead atoms. The first-order valence-corrected chi connectivity index (χ1v) is 8.95. The number of hydrogen-bond donors (Lipinski definition) is 2. The van der Waals surface area contributed by atoms with E-state index in [9.17, 15) is 13.2 Å². The van der Waals surface area contributed by atoms with Gasteiger partial charge < -0.3 is 10.1 Å². The highest BCUT2D eigenvalue weighted by atomic mass is 32.2. The molecule has 1 aromatic rings. The zero-order chi connectivity index (χ0) is 16.3. The Bertz CT molecular complexity index is 652. The van der Waals surface area contributed by atoms with Gasteiger partial charge >= 0.3 is 0 Å². The third-order valence-corrected chi connectivity index (χ3v) is 4.84. The van der Waals surface area contributed by atoms with E-state index in [0.29, 0.717) is 5.75 Å². The summed E-state index contributed by atoms with van der Waals surface area (Å²) in [6.07, 6.45) is 1.92. The fraction of sp³-hybridized carbons (Fsp3) is 0.533. The van der Waals surface area contributed by atoms with Gasteiger partial charge in [-0.2, -0.15) is 0 Å². The molecule has 7 heteroatoms. The van der Waals surface area contributed by atoms with Crippen LogP contribution in [0.3, 0.4) is 0 Å². The van der Waals surface area contributed by atoms with Gasteiger partial charge in [-0.1, -0.05) is 13.8 Å². The zero-order valence-corrected chi connectivity index (χ0v) is 13.9. The number of methoxy groups -OCH3 is 1. The summed E-state index contributed by atoms with van der Waals surface area (Å²) in [5.41, 5.74) is 0.554. The van der Waals surface area contributed by atoms with Crippen LogP contribution in [-0.4, -0.2) is 33.2 Å². The van der Waals surface area contributed by atoms with Gasteiger partial charge in [-0.05, 0) is 37.0 Å². The molecule has 0 heterocycles. The predicted molar refractivity (Wildman–Crippen MR) is 85.7 cm³/mol. The summed E-state index contributed by atoms with van der Waals surface area (Å²) in [5.74, 6) is 0.221. The maximum Gasteiger partial charge on any atom is 0.253 e. The van der Waals surface area contributed by atoms with E-state index < -0.39 is 10.0 Å². The Morgan fingerprint density at radius 2 is 2.05 bits per heavy atom. The Labute approximate surface area is 131 Å². The average molecular weight is 326 g/mol. The molecule has 1 aromatic carbocycles. The molecule has 1 saturated carbocycles. The lowest BCUT2D eigenvalue weighted by molar-refractivity contribution is 0.0951. The van der Waals surface area contributed by atoms with Crippen molar-refractivity contribution in [2.75, 3.05) is 17.6 Å². The Hall–Kier alpha value is -1.76. The minimum atomic E-state index is -3.49. The summed E-state index contributed by atoms with van der Waals surface area (Å²) in [5, 5.41) is 2.86. The molecular formula is C15H22N2O4S. The molecular weight excluding hydrogens is 304 g/mol. The second-order valence-electron chi connectivity index (χ2n) is 5.94. The standard InChI is InChI=1S/C15H22N2O4S/c1-10(2)9-22(19,20)17-14-7-6-12(21-3)8-13(14)15(18)16-11-4-5-11/h6-8,10-11,17H,4-5,9H2,1-3H3,(H,16,18). The van der Waals surface area contributed by atoms with Crippen LogP contribution < -0.4 is 14.8 Å². The lowest BCUT2D eigenvalue weighted by Crippen LogP contribution is -2.28. The highest BCUT2D eigenvalue weighted by Gasteiger charge is 2.26. The molecule has 2 N–H and O–H groups in total. The summed E-state index contributed by atoms with van der Waals surface area (Å²) in [7, 11) is -1.99. The number of nitrogens with one attached hydrogen (secondary N) is 2. The van der Waals surface area contributed by atoms with Crippen LogP contribution in [0.1, 0.15) is 37.0 Å². The van der Waals surface area contributed by atoms with E-state index in [0.717, 1.165) is 12.8 Å². The molecule has 1 aliphatic rings. The van der Waals surface area contributed by atoms with Crippen LogP contribution >= 0.6 is 0 Å². The van der Waals surface area contributed by atoms with Crippen LogP contribution in [0.5, 0.6) is 5.75 Å². The summed E-state index contributed by atoms with van der Waals surface area (Å²) >= 11 is 0. The number of hydrogen-bond acceptors (Lipinski definition) is 4. The van der Waals surface area contributed by atoms with Gasteiger partial charge in [0.05, 0.1) is 24.1 Å². The predicted octanol–water partition coefficient (Wildman–Crippen LogP) is 1.99. The average Bonchev–Trinajstić information content (AvgIpc) is 3.21. The summed E-state index contributed by atoms with van der Waals surface area (Å²) < 4.78 is 31.8. The van der Waals surface area contributed by atoms with Crippen molar-refractivity contribution in [3.05, 3.63) is 23.8 Å². The molecule has 0 atom stereocenters. The topological polar surface area (TPSA) is 84.5 Å². The highest BCUT2D eigenvalue weighted by molar-refractivity contribution is 7.92. The molecule has 0 spiro atoms. The van der Waals surface area contributed by atoms with Gasteiger partial charge in [0.15, 0.2) is 0 Å². The van der Waals surface area contributed by atoms with Crippen molar-refractivity contribution in [3.63, 3.8) is 0 Å². The van der Waals surface area contributed by atoms with Crippen molar-refractivity contribution in [1.29, 1.82) is 0 Å². The van der Waals surface area contributed by atoms with E-state index >= 15 is 0 Å². The fourth-order valence-electron chi connectivity index (χ4n) is 2.07. The quantitative estimate of drug-likeness (QED) is 0.802. The van der Waals surface area contributed by atoms with E-state index in [1.165, 1.54) is 7.11 Å². The first kappa shape index (κ1) is 16.6. The molecule has 0 saturated heterocycles. The zero-order valence-electron chi connectivity index (χ0n) is 13.0. The number of amides is 1. The Kier molecular flexibility index (Phi) is 4.95. The third kappa shape index (κ3) is 4.62. The Balaban J connectivity index is 2.27. The first-order chi connectivity index (χ1) is 10.3. The van der Waals surface area contributed by atoms with Crippen LogP contribution in [0.15, 0.2) is 18.2 Å². The van der Waals surface area contributed by atoms with Crippen LogP contribution in [0.4, 0.5) is 5.69 Å². The molecule has 0 aromatic heterocycles. The molecule has 1 fully saturated rings. The number of carbonyl (C=O) groups is 1. The maximum absolute atomic E-state index is 12.3. The minimum absolute atomic E-state index is 0.000473. The van der Waals surface area contributed by atoms with Crippen LogP contribution in [0.2, 0.25) is 0 Å². The smallest absolute Gasteiger partial charge is 0.253 e. The van der Waals surface area contributed by atoms with Crippen LogP contribution in [0, 0.1) is 5.92 Å². The molecule has 6 nitrogen and oxygen atoms in total. The second-order valence-corrected chi connectivity index (χ2v) is 7.70. The van der Waals surface area contributed by atoms with E-state index in [2.05, 4.69) is 10.0 Å². The maximum atomic E-state index is 12.3. The van der Waals surface area contributed by atoms with E-state index in [1.807, 2.05) is 13.8 Å². The van der Waals surface area contributed by atoms with E-state index in [1.54, 1.807) is 18.2 Å². The van der Waals surface area contributed by atoms with Crippen molar-refractivity contribution >= 4 is 21.6 Å². The molecule has 1 amide bonds. The van der Waals surface area contributed by atoms with Gasteiger partial charge in [0.25, 0.3) is 5.91 Å². The number of anilines is 1. The molecule has 2 rings (SSSR count). The van der Waals surface area contributed by atoms with Crippen LogP contribution in [-0.2, 0) is 10.0 Å². The number of sulfonamides is 1. The lowest BCUT2D eigenvalue weighted by atomic mass is 10.1. The summed E-state index contributed by atoms with van der Waals surface area (Å²) in [6.45, 7) is 3.65. The van der Waals surface area contributed by atoms with Gasteiger partial charge in [-0.15, -0.1) is 0 Å². The van der Waals surface area contributed by atoms with Crippen molar-refractivity contribution < 1.29 is 17.9 Å². The molecule has 22 heavy (non-hydrogen) atoms. The lowest BCUT2D eigenvalue weighted by Gasteiger charge is -2.14. The van der Waals surface area contributed by atoms with Crippen molar-refractivity contribution in [2.24, 2.45) is 5.92 Å². The minimum Gasteiger partial charge on any atom is -0.497 e.